The summed E-state index contributed by atoms with van der Waals surface area (Å²) in [5.41, 5.74) is 0.0313. The maximum absolute atomic E-state index is 12.9. The smallest absolute Gasteiger partial charge is 0.387 e. The van der Waals surface area contributed by atoms with Crippen molar-refractivity contribution in [3.63, 3.8) is 0 Å². The molecule has 17 heavy (non-hydrogen) atoms. The van der Waals surface area contributed by atoms with E-state index in [1.165, 1.54) is 0 Å². The third-order valence-electron chi connectivity index (χ3n) is 1.88. The first-order valence-electron chi connectivity index (χ1n) is 4.91. The van der Waals surface area contributed by atoms with Gasteiger partial charge in [-0.15, -0.1) is 0 Å². The fourth-order valence-electron chi connectivity index (χ4n) is 1.26. The Morgan fingerprint density at radius 1 is 1.41 bits per heavy atom. The molecule has 3 nitrogen and oxygen atoms in total. The molecule has 1 aromatic carbocycles. The van der Waals surface area contributed by atoms with Crippen LogP contribution in [0.25, 0.3) is 0 Å². The van der Waals surface area contributed by atoms with Crippen LogP contribution in [0.3, 0.4) is 0 Å². The first-order valence-corrected chi connectivity index (χ1v) is 4.91. The Balaban J connectivity index is 2.86. The molecule has 0 atom stereocenters. The number of rotatable bonds is 5. The van der Waals surface area contributed by atoms with Crippen molar-refractivity contribution in [1.29, 1.82) is 0 Å². The fourth-order valence-corrected chi connectivity index (χ4v) is 1.26. The van der Waals surface area contributed by atoms with Crippen molar-refractivity contribution in [3.8, 4) is 5.75 Å². The number of hydrogen-bond donors (Lipinski definition) is 0. The van der Waals surface area contributed by atoms with Crippen LogP contribution in [-0.2, 0) is 16.0 Å². The predicted octanol–water partition coefficient (Wildman–Crippen LogP) is 2.53. The van der Waals surface area contributed by atoms with Crippen molar-refractivity contribution in [2.75, 3.05) is 6.61 Å². The molecule has 0 radical (unpaired) electrons. The summed E-state index contributed by atoms with van der Waals surface area (Å²) >= 11 is 0. The molecule has 0 spiro atoms. The number of ether oxygens (including phenoxy) is 2. The molecule has 0 aliphatic rings. The van der Waals surface area contributed by atoms with Crippen molar-refractivity contribution in [1.82, 2.24) is 0 Å². The van der Waals surface area contributed by atoms with Crippen molar-refractivity contribution >= 4 is 5.97 Å². The van der Waals surface area contributed by atoms with E-state index in [0.717, 1.165) is 18.2 Å². The summed E-state index contributed by atoms with van der Waals surface area (Å²) in [5.74, 6) is -1.49. The predicted molar refractivity (Wildman–Crippen MR) is 53.4 cm³/mol. The van der Waals surface area contributed by atoms with Crippen LogP contribution in [0.1, 0.15) is 12.5 Å². The number of hydrogen-bond acceptors (Lipinski definition) is 3. The number of benzene rings is 1. The topological polar surface area (TPSA) is 35.5 Å². The molecule has 94 valence electrons. The van der Waals surface area contributed by atoms with Crippen molar-refractivity contribution in [2.24, 2.45) is 0 Å². The molecule has 0 saturated heterocycles. The zero-order valence-corrected chi connectivity index (χ0v) is 9.08. The van der Waals surface area contributed by atoms with Crippen LogP contribution in [0, 0.1) is 5.82 Å². The minimum absolute atomic E-state index is 0.0313. The highest BCUT2D eigenvalue weighted by molar-refractivity contribution is 5.73. The van der Waals surface area contributed by atoms with Crippen molar-refractivity contribution < 1.29 is 27.4 Å². The highest BCUT2D eigenvalue weighted by Gasteiger charge is 2.14. The number of halogens is 3. The van der Waals surface area contributed by atoms with E-state index in [1.54, 1.807) is 6.92 Å². The van der Waals surface area contributed by atoms with Crippen LogP contribution in [0.5, 0.6) is 5.75 Å². The van der Waals surface area contributed by atoms with Crippen LogP contribution in [0.15, 0.2) is 18.2 Å². The van der Waals surface area contributed by atoms with Gasteiger partial charge in [0.15, 0.2) is 0 Å². The molecule has 0 heterocycles. The maximum atomic E-state index is 12.9. The van der Waals surface area contributed by atoms with Crippen LogP contribution < -0.4 is 4.74 Å². The number of alkyl halides is 2. The zero-order chi connectivity index (χ0) is 12.8. The van der Waals surface area contributed by atoms with Crippen LogP contribution >= 0.6 is 0 Å². The molecule has 0 aliphatic heterocycles. The maximum Gasteiger partial charge on any atom is 0.387 e. The highest BCUT2D eigenvalue weighted by atomic mass is 19.3. The Labute approximate surface area is 96.1 Å². The van der Waals surface area contributed by atoms with Crippen LogP contribution in [0.4, 0.5) is 13.2 Å². The zero-order valence-electron chi connectivity index (χ0n) is 9.08. The van der Waals surface area contributed by atoms with Gasteiger partial charge in [-0.25, -0.2) is 4.39 Å². The molecule has 0 unspecified atom stereocenters. The van der Waals surface area contributed by atoms with E-state index in [0.29, 0.717) is 0 Å². The molecular weight excluding hydrogens is 237 g/mol. The molecule has 0 fully saturated rings. The number of esters is 1. The molecule has 1 aromatic rings. The van der Waals surface area contributed by atoms with E-state index in [1.807, 2.05) is 0 Å². The normalized spacial score (nSPS) is 10.4. The second kappa shape index (κ2) is 6.12. The van der Waals surface area contributed by atoms with Gasteiger partial charge in [0.1, 0.15) is 11.6 Å². The van der Waals surface area contributed by atoms with E-state index in [4.69, 9.17) is 0 Å². The molecule has 1 rings (SSSR count). The first kappa shape index (κ1) is 13.3. The monoisotopic (exact) mass is 248 g/mol. The second-order valence-electron chi connectivity index (χ2n) is 3.11. The molecular formula is C11H11F3O3. The van der Waals surface area contributed by atoms with Crippen molar-refractivity contribution in [3.05, 3.63) is 29.6 Å². The standard InChI is InChI=1S/C11H11F3O3/c1-2-16-10(15)6-7-5-8(12)3-4-9(7)17-11(13)14/h3-5,11H,2,6H2,1H3. The quantitative estimate of drug-likeness (QED) is 0.751. The summed E-state index contributed by atoms with van der Waals surface area (Å²) in [6.07, 6.45) is -0.312. The third-order valence-corrected chi connectivity index (χ3v) is 1.88. The van der Waals surface area contributed by atoms with E-state index in [9.17, 15) is 18.0 Å². The lowest BCUT2D eigenvalue weighted by atomic mass is 10.1. The lowest BCUT2D eigenvalue weighted by Crippen LogP contribution is -2.11. The fraction of sp³-hybridized carbons (Fsp3) is 0.364. The van der Waals surface area contributed by atoms with Gasteiger partial charge < -0.3 is 9.47 Å². The Hall–Kier alpha value is -1.72. The Morgan fingerprint density at radius 2 is 2.12 bits per heavy atom. The average molecular weight is 248 g/mol. The lowest BCUT2D eigenvalue weighted by Gasteiger charge is -2.10. The molecule has 0 amide bonds. The molecule has 0 bridgehead atoms. The van der Waals surface area contributed by atoms with Crippen LogP contribution in [-0.4, -0.2) is 19.2 Å². The van der Waals surface area contributed by atoms with Gasteiger partial charge in [-0.1, -0.05) is 0 Å². The van der Waals surface area contributed by atoms with E-state index in [-0.39, 0.29) is 24.3 Å². The summed E-state index contributed by atoms with van der Waals surface area (Å²) in [7, 11) is 0. The molecule has 0 saturated carbocycles. The van der Waals surface area contributed by atoms with Gasteiger partial charge in [0.2, 0.25) is 0 Å². The van der Waals surface area contributed by atoms with Gasteiger partial charge in [0.25, 0.3) is 0 Å². The minimum atomic E-state index is -3.03. The van der Waals surface area contributed by atoms with E-state index < -0.39 is 18.4 Å². The first-order chi connectivity index (χ1) is 8.02. The second-order valence-corrected chi connectivity index (χ2v) is 3.11. The third kappa shape index (κ3) is 4.34. The van der Waals surface area contributed by atoms with Crippen molar-refractivity contribution in [2.45, 2.75) is 20.0 Å². The number of carbonyl (C=O) groups excluding carboxylic acids is 1. The van der Waals surface area contributed by atoms with E-state index >= 15 is 0 Å². The van der Waals surface area contributed by atoms with Gasteiger partial charge in [0, 0.05) is 5.56 Å². The van der Waals surface area contributed by atoms with Crippen LogP contribution in [0.2, 0.25) is 0 Å². The largest absolute Gasteiger partial charge is 0.466 e. The highest BCUT2D eigenvalue weighted by Crippen LogP contribution is 2.22. The average Bonchev–Trinajstić information content (AvgIpc) is 2.22. The molecule has 0 aliphatic carbocycles. The lowest BCUT2D eigenvalue weighted by molar-refractivity contribution is -0.142. The Morgan fingerprint density at radius 3 is 2.71 bits per heavy atom. The Kier molecular flexibility index (Phi) is 4.81. The summed E-state index contributed by atoms with van der Waals surface area (Å²) in [4.78, 5) is 11.2. The van der Waals surface area contributed by atoms with Gasteiger partial charge in [-0.2, -0.15) is 8.78 Å². The SMILES string of the molecule is CCOC(=O)Cc1cc(F)ccc1OC(F)F. The van der Waals surface area contributed by atoms with Gasteiger partial charge in [0.05, 0.1) is 13.0 Å². The molecule has 0 aromatic heterocycles. The number of carbonyl (C=O) groups is 1. The van der Waals surface area contributed by atoms with Gasteiger partial charge >= 0.3 is 12.6 Å². The molecule has 0 N–H and O–H groups in total. The summed E-state index contributed by atoms with van der Waals surface area (Å²) in [6.45, 7) is -1.25. The Bertz CT molecular complexity index is 394. The summed E-state index contributed by atoms with van der Waals surface area (Å²) in [5, 5.41) is 0. The van der Waals surface area contributed by atoms with E-state index in [2.05, 4.69) is 9.47 Å². The van der Waals surface area contributed by atoms with Gasteiger partial charge in [-0.05, 0) is 25.1 Å². The molecule has 6 heteroatoms. The van der Waals surface area contributed by atoms with Gasteiger partial charge in [-0.3, -0.25) is 4.79 Å². The minimum Gasteiger partial charge on any atom is -0.466 e. The summed E-state index contributed by atoms with van der Waals surface area (Å²) in [6, 6.07) is 3.00. The summed E-state index contributed by atoms with van der Waals surface area (Å²) < 4.78 is 45.8.